The van der Waals surface area contributed by atoms with E-state index in [1.807, 2.05) is 6.92 Å². The Balaban J connectivity index is 0.000000571. The minimum absolute atomic E-state index is 0.119. The number of aliphatic hydroxyl groups excluding tert-OH is 5. The summed E-state index contributed by atoms with van der Waals surface area (Å²) < 4.78 is 0. The number of carboxylic acid groups (broad SMARTS) is 1. The van der Waals surface area contributed by atoms with Gasteiger partial charge in [0.15, 0.2) is 23.0 Å². The van der Waals surface area contributed by atoms with Crippen LogP contribution in [0, 0.1) is 0 Å². The van der Waals surface area contributed by atoms with Crippen molar-refractivity contribution in [2.45, 2.75) is 57.0 Å². The molecule has 4 unspecified atom stereocenters. The van der Waals surface area contributed by atoms with Gasteiger partial charge in [0.2, 0.25) is 0 Å². The normalized spacial score (nSPS) is 14.8. The van der Waals surface area contributed by atoms with Gasteiger partial charge in [0.25, 0.3) is 0 Å². The molecule has 0 heterocycles. The molecule has 1 aromatic rings. The molecule has 0 aliphatic heterocycles. The Bertz CT molecular complexity index is 638. The lowest BCUT2D eigenvalue weighted by Crippen LogP contribution is -2.48. The van der Waals surface area contributed by atoms with Gasteiger partial charge >= 0.3 is 5.97 Å². The SMILES string of the molecule is CCCCCC(=O)C(O)C(O)C(O)C(O)CO.O=C(O)c1cc(O)c(O)c(O)c1. The van der Waals surface area contributed by atoms with Crippen molar-refractivity contribution < 1.29 is 55.5 Å². The van der Waals surface area contributed by atoms with Gasteiger partial charge in [-0.2, -0.15) is 0 Å². The van der Waals surface area contributed by atoms with Gasteiger partial charge in [0.1, 0.15) is 24.4 Å². The Kier molecular flexibility index (Phi) is 11.8. The summed E-state index contributed by atoms with van der Waals surface area (Å²) in [7, 11) is 0. The molecule has 0 aliphatic carbocycles. The topological polar surface area (TPSA) is 216 Å². The number of aromatic hydroxyl groups is 3. The van der Waals surface area contributed by atoms with Gasteiger partial charge in [0.05, 0.1) is 12.2 Å². The van der Waals surface area contributed by atoms with E-state index < -0.39 is 60.0 Å². The zero-order valence-electron chi connectivity index (χ0n) is 15.8. The van der Waals surface area contributed by atoms with Crippen LogP contribution in [0.25, 0.3) is 0 Å². The van der Waals surface area contributed by atoms with Crippen LogP contribution in [0.5, 0.6) is 17.2 Å². The van der Waals surface area contributed by atoms with Gasteiger partial charge in [-0.05, 0) is 18.6 Å². The molecule has 11 nitrogen and oxygen atoms in total. The van der Waals surface area contributed by atoms with E-state index in [0.717, 1.165) is 25.0 Å². The molecular weight excluding hydrogens is 392 g/mol. The molecule has 0 radical (unpaired) electrons. The minimum Gasteiger partial charge on any atom is -0.504 e. The zero-order chi connectivity index (χ0) is 22.7. The molecule has 166 valence electrons. The van der Waals surface area contributed by atoms with Crippen LogP contribution in [-0.4, -0.2) is 88.7 Å². The summed E-state index contributed by atoms with van der Waals surface area (Å²) in [5.74, 6) is -3.91. The van der Waals surface area contributed by atoms with Crippen LogP contribution < -0.4 is 0 Å². The number of carbonyl (C=O) groups is 2. The standard InChI is InChI=1S/C11H22O6.C7H6O5/c1-2-3-4-5-7(13)9(15)11(17)10(16)8(14)6-12;8-4-1-3(7(11)12)2-5(9)6(4)10/h8-12,14-17H,2-6H2,1H3;1-2,8-10H,(H,11,12). The van der Waals surface area contributed by atoms with Crippen LogP contribution in [0.15, 0.2) is 12.1 Å². The zero-order valence-corrected chi connectivity index (χ0v) is 15.8. The Morgan fingerprint density at radius 3 is 1.86 bits per heavy atom. The van der Waals surface area contributed by atoms with Crippen molar-refractivity contribution in [3.8, 4) is 17.2 Å². The molecule has 9 N–H and O–H groups in total. The number of carboxylic acids is 1. The molecule has 4 atom stereocenters. The molecule has 0 aromatic heterocycles. The number of Topliss-reactive ketones (excluding diaryl/α,β-unsaturated/α-hetero) is 1. The first kappa shape index (κ1) is 26.6. The Hall–Kier alpha value is -2.44. The lowest BCUT2D eigenvalue weighted by molar-refractivity contribution is -0.147. The smallest absolute Gasteiger partial charge is 0.335 e. The van der Waals surface area contributed by atoms with E-state index in [9.17, 15) is 24.9 Å². The van der Waals surface area contributed by atoms with Gasteiger partial charge < -0.3 is 46.0 Å². The highest BCUT2D eigenvalue weighted by Crippen LogP contribution is 2.35. The summed E-state index contributed by atoms with van der Waals surface area (Å²) in [4.78, 5) is 21.7. The first-order valence-electron chi connectivity index (χ1n) is 8.81. The first-order chi connectivity index (χ1) is 13.5. The molecule has 11 heteroatoms. The van der Waals surface area contributed by atoms with Gasteiger partial charge in [-0.15, -0.1) is 0 Å². The van der Waals surface area contributed by atoms with E-state index in [2.05, 4.69) is 0 Å². The Morgan fingerprint density at radius 2 is 1.45 bits per heavy atom. The van der Waals surface area contributed by atoms with E-state index in [1.54, 1.807) is 0 Å². The third kappa shape index (κ3) is 8.62. The molecule has 0 spiro atoms. The number of carbonyl (C=O) groups excluding carboxylic acids is 1. The summed E-state index contributed by atoms with van der Waals surface area (Å²) in [6.45, 7) is 1.21. The number of hydrogen-bond acceptors (Lipinski definition) is 10. The van der Waals surface area contributed by atoms with Crippen LogP contribution in [0.4, 0.5) is 0 Å². The minimum atomic E-state index is -1.79. The van der Waals surface area contributed by atoms with Crippen LogP contribution in [-0.2, 0) is 4.79 Å². The van der Waals surface area contributed by atoms with Gasteiger partial charge in [-0.3, -0.25) is 4.79 Å². The highest BCUT2D eigenvalue weighted by molar-refractivity contribution is 5.89. The second-order valence-electron chi connectivity index (χ2n) is 6.27. The maximum Gasteiger partial charge on any atom is 0.335 e. The van der Waals surface area contributed by atoms with E-state index in [4.69, 9.17) is 30.6 Å². The highest BCUT2D eigenvalue weighted by Gasteiger charge is 2.33. The molecule has 1 aromatic carbocycles. The van der Waals surface area contributed by atoms with Crippen molar-refractivity contribution in [2.75, 3.05) is 6.61 Å². The number of phenols is 3. The summed E-state index contributed by atoms with van der Waals surface area (Å²) >= 11 is 0. The second kappa shape index (κ2) is 12.9. The van der Waals surface area contributed by atoms with Gasteiger partial charge in [0, 0.05) is 6.42 Å². The largest absolute Gasteiger partial charge is 0.504 e. The lowest BCUT2D eigenvalue weighted by atomic mass is 9.97. The van der Waals surface area contributed by atoms with Crippen molar-refractivity contribution in [2.24, 2.45) is 0 Å². The number of benzene rings is 1. The third-order valence-electron chi connectivity index (χ3n) is 3.93. The summed E-state index contributed by atoms with van der Waals surface area (Å²) in [6.07, 6.45) is -4.34. The third-order valence-corrected chi connectivity index (χ3v) is 3.93. The summed E-state index contributed by atoms with van der Waals surface area (Å²) in [6, 6.07) is 1.69. The van der Waals surface area contributed by atoms with Crippen LogP contribution >= 0.6 is 0 Å². The van der Waals surface area contributed by atoms with Crippen molar-refractivity contribution in [3.05, 3.63) is 17.7 Å². The van der Waals surface area contributed by atoms with Gasteiger partial charge in [-0.25, -0.2) is 4.79 Å². The summed E-state index contributed by atoms with van der Waals surface area (Å²) in [5, 5.41) is 80.7. The Labute approximate surface area is 166 Å². The molecule has 0 saturated carbocycles. The molecule has 0 aliphatic rings. The van der Waals surface area contributed by atoms with E-state index >= 15 is 0 Å². The fraction of sp³-hybridized carbons (Fsp3) is 0.556. The fourth-order valence-electron chi connectivity index (χ4n) is 2.14. The number of aliphatic hydroxyl groups is 5. The average molecular weight is 420 g/mol. The average Bonchev–Trinajstić information content (AvgIpc) is 2.69. The maximum atomic E-state index is 11.4. The number of aromatic carboxylic acids is 1. The van der Waals surface area contributed by atoms with Crippen molar-refractivity contribution >= 4 is 11.8 Å². The first-order valence-corrected chi connectivity index (χ1v) is 8.81. The molecule has 1 rings (SSSR count). The van der Waals surface area contributed by atoms with Gasteiger partial charge in [-0.1, -0.05) is 19.8 Å². The molecule has 0 bridgehead atoms. The summed E-state index contributed by atoms with van der Waals surface area (Å²) in [5.41, 5.74) is -0.289. The van der Waals surface area contributed by atoms with E-state index in [0.29, 0.717) is 6.42 Å². The van der Waals surface area contributed by atoms with Crippen LogP contribution in [0.2, 0.25) is 0 Å². The molecule has 29 heavy (non-hydrogen) atoms. The quantitative estimate of drug-likeness (QED) is 0.166. The van der Waals surface area contributed by atoms with Crippen molar-refractivity contribution in [1.29, 1.82) is 0 Å². The highest BCUT2D eigenvalue weighted by atomic mass is 16.4. The number of unbranched alkanes of at least 4 members (excludes halogenated alkanes) is 2. The van der Waals surface area contributed by atoms with Crippen LogP contribution in [0.1, 0.15) is 43.0 Å². The predicted molar refractivity (Wildman–Crippen MR) is 98.7 cm³/mol. The molecular formula is C18H28O11. The number of hydrogen-bond donors (Lipinski definition) is 9. The molecule has 0 saturated heterocycles. The lowest BCUT2D eigenvalue weighted by Gasteiger charge is -2.24. The Morgan fingerprint density at radius 1 is 0.931 bits per heavy atom. The molecule has 0 fully saturated rings. The number of ketones is 1. The second-order valence-corrected chi connectivity index (χ2v) is 6.27. The monoisotopic (exact) mass is 420 g/mol. The predicted octanol–water partition coefficient (Wildman–Crippen LogP) is -0.927. The number of rotatable bonds is 10. The maximum absolute atomic E-state index is 11.4. The van der Waals surface area contributed by atoms with E-state index in [1.165, 1.54) is 0 Å². The molecule has 0 amide bonds. The van der Waals surface area contributed by atoms with E-state index in [-0.39, 0.29) is 12.0 Å². The van der Waals surface area contributed by atoms with Crippen molar-refractivity contribution in [1.82, 2.24) is 0 Å². The fourth-order valence-corrected chi connectivity index (χ4v) is 2.14. The van der Waals surface area contributed by atoms with Crippen LogP contribution in [0.3, 0.4) is 0 Å². The number of phenolic OH excluding ortho intramolecular Hbond substituents is 3. The van der Waals surface area contributed by atoms with Crippen molar-refractivity contribution in [3.63, 3.8) is 0 Å².